The van der Waals surface area contributed by atoms with Crippen molar-refractivity contribution in [1.82, 2.24) is 49.9 Å². The lowest BCUT2D eigenvalue weighted by Crippen LogP contribution is -2.25. The van der Waals surface area contributed by atoms with Gasteiger partial charge < -0.3 is 4.98 Å². The molecule has 0 saturated carbocycles. The van der Waals surface area contributed by atoms with E-state index < -0.39 is 5.82 Å². The van der Waals surface area contributed by atoms with E-state index in [4.69, 9.17) is 16.6 Å². The smallest absolute Gasteiger partial charge is 0.254 e. The maximum absolute atomic E-state index is 15.2. The van der Waals surface area contributed by atoms with Gasteiger partial charge in [0.05, 0.1) is 46.1 Å². The summed E-state index contributed by atoms with van der Waals surface area (Å²) in [6, 6.07) is 3.96. The Morgan fingerprint density at radius 1 is 1.26 bits per heavy atom. The molecule has 0 saturated heterocycles. The number of halogens is 2. The van der Waals surface area contributed by atoms with Gasteiger partial charge in [0.2, 0.25) is 0 Å². The average Bonchev–Trinajstić information content (AvgIpc) is 3.62. The number of fused-ring (bicyclic) bond motifs is 1. The summed E-state index contributed by atoms with van der Waals surface area (Å²) in [4.78, 5) is 25.8. The highest BCUT2D eigenvalue weighted by molar-refractivity contribution is 6.31. The number of tetrazole rings is 1. The summed E-state index contributed by atoms with van der Waals surface area (Å²) in [6.07, 6.45) is 7.09. The fraction of sp³-hybridized carbons (Fsp3) is 0.190. The Bertz CT molecular complexity index is 1560. The second kappa shape index (κ2) is 7.70. The van der Waals surface area contributed by atoms with Crippen molar-refractivity contribution in [3.05, 3.63) is 76.0 Å². The van der Waals surface area contributed by atoms with Crippen LogP contribution in [0.4, 0.5) is 4.39 Å². The fourth-order valence-corrected chi connectivity index (χ4v) is 4.53. The normalized spacial score (nSPS) is 17.3. The van der Waals surface area contributed by atoms with Gasteiger partial charge in [-0.05, 0) is 29.0 Å². The Morgan fingerprint density at radius 2 is 2.15 bits per heavy atom. The van der Waals surface area contributed by atoms with E-state index in [0.717, 1.165) is 11.3 Å². The Hall–Kier alpha value is -4.19. The third-order valence-corrected chi connectivity index (χ3v) is 6.25. The molecule has 34 heavy (non-hydrogen) atoms. The van der Waals surface area contributed by atoms with Crippen LogP contribution in [0.25, 0.3) is 28.2 Å². The SMILES string of the molecule is C[C@H]1C[C@@H](c2ncc(-c3cn[nH]c3)[nH]2)n2c1nc(-c1c(-n3cnnn3)ccc(Cl)c1F)cc2=O. The maximum atomic E-state index is 15.2. The van der Waals surface area contributed by atoms with Crippen molar-refractivity contribution in [1.29, 1.82) is 0 Å². The molecule has 1 aliphatic rings. The number of H-pyrrole nitrogens is 2. The molecule has 5 aromatic rings. The Kier molecular flexibility index (Phi) is 4.62. The van der Waals surface area contributed by atoms with Crippen molar-refractivity contribution >= 4 is 11.6 Å². The minimum absolute atomic E-state index is 0.0520. The number of aromatic nitrogens is 10. The quantitative estimate of drug-likeness (QED) is 0.405. The molecule has 0 unspecified atom stereocenters. The highest BCUT2D eigenvalue weighted by Crippen LogP contribution is 2.39. The molecule has 5 heterocycles. The number of hydrogen-bond acceptors (Lipinski definition) is 7. The second-order valence-corrected chi connectivity index (χ2v) is 8.45. The van der Waals surface area contributed by atoms with Crippen LogP contribution < -0.4 is 5.56 Å². The third kappa shape index (κ3) is 3.14. The van der Waals surface area contributed by atoms with Crippen LogP contribution in [0.15, 0.2) is 47.9 Å². The molecule has 0 amide bonds. The predicted molar refractivity (Wildman–Crippen MR) is 119 cm³/mol. The van der Waals surface area contributed by atoms with E-state index >= 15 is 4.39 Å². The maximum Gasteiger partial charge on any atom is 0.254 e. The van der Waals surface area contributed by atoms with Gasteiger partial charge in [-0.1, -0.05) is 18.5 Å². The van der Waals surface area contributed by atoms with E-state index in [9.17, 15) is 4.79 Å². The molecule has 6 rings (SSSR count). The van der Waals surface area contributed by atoms with Crippen LogP contribution in [0.5, 0.6) is 0 Å². The molecule has 0 spiro atoms. The van der Waals surface area contributed by atoms with E-state index in [1.165, 1.54) is 23.1 Å². The van der Waals surface area contributed by atoms with Gasteiger partial charge in [-0.25, -0.2) is 14.4 Å². The zero-order valence-corrected chi connectivity index (χ0v) is 18.4. The molecule has 0 bridgehead atoms. The molecule has 4 aromatic heterocycles. The van der Waals surface area contributed by atoms with Crippen LogP contribution in [-0.2, 0) is 0 Å². The monoisotopic (exact) mass is 478 g/mol. The van der Waals surface area contributed by atoms with Gasteiger partial charge in [0.1, 0.15) is 18.0 Å². The van der Waals surface area contributed by atoms with Gasteiger partial charge in [0.15, 0.2) is 5.82 Å². The van der Waals surface area contributed by atoms with Crippen LogP contribution in [0, 0.1) is 5.82 Å². The molecule has 170 valence electrons. The molecule has 0 aliphatic carbocycles. The summed E-state index contributed by atoms with van der Waals surface area (Å²) >= 11 is 6.06. The van der Waals surface area contributed by atoms with Gasteiger partial charge in [-0.3, -0.25) is 14.5 Å². The van der Waals surface area contributed by atoms with E-state index in [0.29, 0.717) is 23.8 Å². The van der Waals surface area contributed by atoms with Crippen molar-refractivity contribution in [2.75, 3.05) is 0 Å². The fourth-order valence-electron chi connectivity index (χ4n) is 4.38. The molecule has 1 aromatic carbocycles. The van der Waals surface area contributed by atoms with E-state index in [1.54, 1.807) is 29.2 Å². The predicted octanol–water partition coefficient (Wildman–Crippen LogP) is 2.89. The molecule has 0 radical (unpaired) electrons. The zero-order valence-electron chi connectivity index (χ0n) is 17.6. The highest BCUT2D eigenvalue weighted by atomic mass is 35.5. The number of aromatic amines is 2. The van der Waals surface area contributed by atoms with Crippen LogP contribution in [-0.4, -0.2) is 49.9 Å². The largest absolute Gasteiger partial charge is 0.340 e. The summed E-state index contributed by atoms with van der Waals surface area (Å²) < 4.78 is 18.1. The van der Waals surface area contributed by atoms with Crippen molar-refractivity contribution in [2.45, 2.75) is 25.3 Å². The second-order valence-electron chi connectivity index (χ2n) is 8.04. The van der Waals surface area contributed by atoms with E-state index in [1.807, 2.05) is 6.92 Å². The highest BCUT2D eigenvalue weighted by Gasteiger charge is 2.34. The van der Waals surface area contributed by atoms with Gasteiger partial charge in [0, 0.05) is 23.7 Å². The summed E-state index contributed by atoms with van der Waals surface area (Å²) in [5, 5.41) is 17.7. The van der Waals surface area contributed by atoms with Gasteiger partial charge in [0.25, 0.3) is 5.56 Å². The Balaban J connectivity index is 1.47. The number of rotatable bonds is 4. The van der Waals surface area contributed by atoms with Crippen LogP contribution in [0.3, 0.4) is 0 Å². The summed E-state index contributed by atoms with van der Waals surface area (Å²) in [5.74, 6) is 0.404. The number of imidazole rings is 1. The molecule has 11 nitrogen and oxygen atoms in total. The minimum atomic E-state index is -0.704. The van der Waals surface area contributed by atoms with Crippen molar-refractivity contribution < 1.29 is 4.39 Å². The lowest BCUT2D eigenvalue weighted by molar-refractivity contribution is 0.555. The van der Waals surface area contributed by atoms with Crippen molar-refractivity contribution in [3.63, 3.8) is 0 Å². The third-order valence-electron chi connectivity index (χ3n) is 5.95. The summed E-state index contributed by atoms with van der Waals surface area (Å²) in [6.45, 7) is 1.97. The van der Waals surface area contributed by atoms with Gasteiger partial charge in [-0.2, -0.15) is 9.78 Å². The number of nitrogens with one attached hydrogen (secondary N) is 2. The molecular formula is C21H16ClFN10O. The first-order chi connectivity index (χ1) is 16.5. The lowest BCUT2D eigenvalue weighted by atomic mass is 10.1. The van der Waals surface area contributed by atoms with Crippen LogP contribution in [0.2, 0.25) is 5.02 Å². The lowest BCUT2D eigenvalue weighted by Gasteiger charge is -2.15. The van der Waals surface area contributed by atoms with Crippen molar-refractivity contribution in [2.24, 2.45) is 0 Å². The topological polar surface area (TPSA) is 136 Å². The van der Waals surface area contributed by atoms with Crippen LogP contribution >= 0.6 is 11.6 Å². The van der Waals surface area contributed by atoms with Crippen molar-refractivity contribution in [3.8, 4) is 28.2 Å². The standard InChI is InChI=1S/C21H16ClFN10O/c1-10-4-16(20-24-8-14(28-20)11-6-25-26-7-11)33-17(34)5-13(29-21(10)33)18-15(32-9-27-30-31-32)3-2-12(22)19(18)23/h2-3,5-10,16H,4H2,1H3,(H,24,28)(H,25,26)/t10-,16-/m0/s1. The minimum Gasteiger partial charge on any atom is -0.340 e. The average molecular weight is 479 g/mol. The molecular weight excluding hydrogens is 463 g/mol. The number of nitrogens with zero attached hydrogens (tertiary/aromatic N) is 8. The summed E-state index contributed by atoms with van der Waals surface area (Å²) in [5.41, 5.74) is 1.86. The summed E-state index contributed by atoms with van der Waals surface area (Å²) in [7, 11) is 0. The number of hydrogen-bond donors (Lipinski definition) is 2. The first-order valence-electron chi connectivity index (χ1n) is 10.4. The molecule has 0 fully saturated rings. The molecule has 2 N–H and O–H groups in total. The van der Waals surface area contributed by atoms with Crippen LogP contribution in [0.1, 0.15) is 37.0 Å². The number of benzene rings is 1. The van der Waals surface area contributed by atoms with Gasteiger partial charge in [-0.15, -0.1) is 5.10 Å². The first kappa shape index (κ1) is 20.4. The zero-order chi connectivity index (χ0) is 23.4. The van der Waals surface area contributed by atoms with Gasteiger partial charge >= 0.3 is 0 Å². The molecule has 13 heteroatoms. The van der Waals surface area contributed by atoms with E-state index in [2.05, 4.69) is 35.7 Å². The first-order valence-corrected chi connectivity index (χ1v) is 10.8. The Morgan fingerprint density at radius 3 is 2.91 bits per heavy atom. The molecule has 2 atom stereocenters. The van der Waals surface area contributed by atoms with E-state index in [-0.39, 0.29) is 33.8 Å². The Labute approximate surface area is 195 Å². The molecule has 1 aliphatic heterocycles.